The first-order valence-corrected chi connectivity index (χ1v) is 6.91. The van der Waals surface area contributed by atoms with Crippen LogP contribution in [0.1, 0.15) is 5.56 Å². The molecule has 0 aliphatic rings. The molecule has 0 spiro atoms. The van der Waals surface area contributed by atoms with E-state index in [1.807, 2.05) is 6.07 Å². The Labute approximate surface area is 107 Å². The highest BCUT2D eigenvalue weighted by Crippen LogP contribution is 2.20. The second kappa shape index (κ2) is 5.06. The van der Waals surface area contributed by atoms with Gasteiger partial charge in [-0.05, 0) is 23.8 Å². The predicted octanol–water partition coefficient (Wildman–Crippen LogP) is 3.13. The maximum atomic E-state index is 12.1. The van der Waals surface area contributed by atoms with Crippen molar-refractivity contribution in [1.82, 2.24) is 0 Å². The molecule has 0 amide bonds. The Morgan fingerprint density at radius 2 is 1.56 bits per heavy atom. The lowest BCUT2D eigenvalue weighted by atomic mass is 10.2. The van der Waals surface area contributed by atoms with Crippen molar-refractivity contribution in [3.05, 3.63) is 66.7 Å². The third-order valence-electron chi connectivity index (χ3n) is 2.48. The lowest BCUT2D eigenvalue weighted by molar-refractivity contribution is 0.601. The third kappa shape index (κ3) is 2.60. The number of hydrogen-bond donors (Lipinski definition) is 1. The number of anilines is 1. The zero-order valence-corrected chi connectivity index (χ0v) is 10.5. The highest BCUT2D eigenvalue weighted by molar-refractivity contribution is 7.92. The van der Waals surface area contributed by atoms with Gasteiger partial charge in [0.2, 0.25) is 0 Å². The number of rotatable bonds is 4. The summed E-state index contributed by atoms with van der Waals surface area (Å²) in [5.41, 5.74) is 1.27. The molecule has 3 nitrogen and oxygen atoms in total. The molecule has 0 saturated carbocycles. The lowest BCUT2D eigenvalue weighted by Crippen LogP contribution is -2.13. The van der Waals surface area contributed by atoms with Crippen LogP contribution in [0.4, 0.5) is 5.69 Å². The van der Waals surface area contributed by atoms with E-state index in [2.05, 4.69) is 11.3 Å². The topological polar surface area (TPSA) is 46.2 Å². The van der Waals surface area contributed by atoms with Crippen molar-refractivity contribution in [1.29, 1.82) is 0 Å². The summed E-state index contributed by atoms with van der Waals surface area (Å²) in [5.74, 6) is 0. The van der Waals surface area contributed by atoms with Gasteiger partial charge in [0.15, 0.2) is 0 Å². The Morgan fingerprint density at radius 1 is 0.944 bits per heavy atom. The summed E-state index contributed by atoms with van der Waals surface area (Å²) in [7, 11) is -3.54. The van der Waals surface area contributed by atoms with Crippen molar-refractivity contribution in [2.75, 3.05) is 4.72 Å². The number of nitrogens with one attached hydrogen (secondary N) is 1. The predicted molar refractivity (Wildman–Crippen MR) is 73.8 cm³/mol. The van der Waals surface area contributed by atoms with E-state index in [1.54, 1.807) is 54.6 Å². The standard InChI is InChI=1S/C14H13NO2S/c1-2-12-8-6-7-11-14(12)15-18(16,17)13-9-4-3-5-10-13/h2-11,15H,1H2. The van der Waals surface area contributed by atoms with Crippen molar-refractivity contribution in [2.45, 2.75) is 4.90 Å². The summed E-state index contributed by atoms with van der Waals surface area (Å²) < 4.78 is 26.8. The number of hydrogen-bond acceptors (Lipinski definition) is 2. The molecule has 2 aromatic rings. The fraction of sp³-hybridized carbons (Fsp3) is 0. The smallest absolute Gasteiger partial charge is 0.261 e. The Bertz CT molecular complexity index is 649. The van der Waals surface area contributed by atoms with Gasteiger partial charge in [0.1, 0.15) is 0 Å². The molecule has 0 saturated heterocycles. The highest BCUT2D eigenvalue weighted by atomic mass is 32.2. The first-order valence-electron chi connectivity index (χ1n) is 5.43. The fourth-order valence-corrected chi connectivity index (χ4v) is 2.68. The van der Waals surface area contributed by atoms with Crippen molar-refractivity contribution in [2.24, 2.45) is 0 Å². The van der Waals surface area contributed by atoms with Crippen LogP contribution in [-0.2, 0) is 10.0 Å². The normalized spacial score (nSPS) is 10.9. The third-order valence-corrected chi connectivity index (χ3v) is 3.86. The van der Waals surface area contributed by atoms with Crippen LogP contribution in [-0.4, -0.2) is 8.42 Å². The largest absolute Gasteiger partial charge is 0.279 e. The first kappa shape index (κ1) is 12.4. The highest BCUT2D eigenvalue weighted by Gasteiger charge is 2.14. The van der Waals surface area contributed by atoms with Gasteiger partial charge in [-0.1, -0.05) is 49.1 Å². The van der Waals surface area contributed by atoms with Gasteiger partial charge in [-0.25, -0.2) is 8.42 Å². The number of sulfonamides is 1. The number of para-hydroxylation sites is 1. The Hall–Kier alpha value is -2.07. The van der Waals surface area contributed by atoms with Gasteiger partial charge in [0.05, 0.1) is 10.6 Å². The molecule has 2 rings (SSSR count). The molecular weight excluding hydrogens is 246 g/mol. The van der Waals surface area contributed by atoms with Crippen molar-refractivity contribution < 1.29 is 8.42 Å². The minimum Gasteiger partial charge on any atom is -0.279 e. The molecule has 0 aliphatic carbocycles. The van der Waals surface area contributed by atoms with E-state index in [9.17, 15) is 8.42 Å². The summed E-state index contributed by atoms with van der Waals surface area (Å²) in [6.07, 6.45) is 1.61. The van der Waals surface area contributed by atoms with Crippen LogP contribution in [0.25, 0.3) is 6.08 Å². The Balaban J connectivity index is 2.37. The van der Waals surface area contributed by atoms with Crippen LogP contribution in [0.2, 0.25) is 0 Å². The van der Waals surface area contributed by atoms with E-state index in [-0.39, 0.29) is 4.90 Å². The summed E-state index contributed by atoms with van der Waals surface area (Å²) in [5, 5.41) is 0. The van der Waals surface area contributed by atoms with Crippen molar-refractivity contribution in [3.63, 3.8) is 0 Å². The fourth-order valence-electron chi connectivity index (χ4n) is 1.57. The van der Waals surface area contributed by atoms with Crippen LogP contribution < -0.4 is 4.72 Å². The Kier molecular flexibility index (Phi) is 3.48. The molecule has 0 bridgehead atoms. The molecule has 92 valence electrons. The van der Waals surface area contributed by atoms with Crippen LogP contribution >= 0.6 is 0 Å². The van der Waals surface area contributed by atoms with Crippen LogP contribution in [0.5, 0.6) is 0 Å². The van der Waals surface area contributed by atoms with Gasteiger partial charge in [0, 0.05) is 0 Å². The molecule has 0 atom stereocenters. The number of benzene rings is 2. The zero-order chi connectivity index (χ0) is 13.0. The molecular formula is C14H13NO2S. The molecule has 18 heavy (non-hydrogen) atoms. The van der Waals surface area contributed by atoms with Gasteiger partial charge >= 0.3 is 0 Å². The molecule has 1 N–H and O–H groups in total. The van der Waals surface area contributed by atoms with Gasteiger partial charge in [0.25, 0.3) is 10.0 Å². The maximum Gasteiger partial charge on any atom is 0.261 e. The van der Waals surface area contributed by atoms with E-state index >= 15 is 0 Å². The van der Waals surface area contributed by atoms with Crippen LogP contribution in [0.15, 0.2) is 66.1 Å². The monoisotopic (exact) mass is 259 g/mol. The first-order chi connectivity index (χ1) is 8.63. The van der Waals surface area contributed by atoms with E-state index in [1.165, 1.54) is 0 Å². The average molecular weight is 259 g/mol. The molecule has 2 aromatic carbocycles. The van der Waals surface area contributed by atoms with Crippen LogP contribution in [0, 0.1) is 0 Å². The van der Waals surface area contributed by atoms with Gasteiger partial charge in [-0.2, -0.15) is 0 Å². The maximum absolute atomic E-state index is 12.1. The molecule has 0 unspecified atom stereocenters. The lowest BCUT2D eigenvalue weighted by Gasteiger charge is -2.10. The average Bonchev–Trinajstić information content (AvgIpc) is 2.40. The van der Waals surface area contributed by atoms with E-state index < -0.39 is 10.0 Å². The summed E-state index contributed by atoms with van der Waals surface area (Å²) in [4.78, 5) is 0.240. The molecule has 0 aliphatic heterocycles. The minimum atomic E-state index is -3.54. The Morgan fingerprint density at radius 3 is 2.22 bits per heavy atom. The van der Waals surface area contributed by atoms with Gasteiger partial charge in [-0.3, -0.25) is 4.72 Å². The van der Waals surface area contributed by atoms with Gasteiger partial charge in [-0.15, -0.1) is 0 Å². The summed E-state index contributed by atoms with van der Waals surface area (Å²) in [6.45, 7) is 3.66. The molecule has 0 heterocycles. The van der Waals surface area contributed by atoms with E-state index in [4.69, 9.17) is 0 Å². The molecule has 0 fully saturated rings. The SMILES string of the molecule is C=Cc1ccccc1NS(=O)(=O)c1ccccc1. The summed E-state index contributed by atoms with van der Waals surface area (Å²) in [6, 6.07) is 15.4. The summed E-state index contributed by atoms with van der Waals surface area (Å²) >= 11 is 0. The second-order valence-electron chi connectivity index (χ2n) is 3.71. The quantitative estimate of drug-likeness (QED) is 0.917. The second-order valence-corrected chi connectivity index (χ2v) is 5.39. The molecule has 4 heteroatoms. The van der Waals surface area contributed by atoms with Crippen LogP contribution in [0.3, 0.4) is 0 Å². The van der Waals surface area contributed by atoms with E-state index in [0.717, 1.165) is 5.56 Å². The van der Waals surface area contributed by atoms with Crippen molar-refractivity contribution in [3.8, 4) is 0 Å². The minimum absolute atomic E-state index is 0.240. The van der Waals surface area contributed by atoms with E-state index in [0.29, 0.717) is 5.69 Å². The van der Waals surface area contributed by atoms with Crippen molar-refractivity contribution >= 4 is 21.8 Å². The zero-order valence-electron chi connectivity index (χ0n) is 9.71. The molecule has 0 radical (unpaired) electrons. The van der Waals surface area contributed by atoms with Gasteiger partial charge < -0.3 is 0 Å². The molecule has 0 aromatic heterocycles.